The second-order valence-corrected chi connectivity index (χ2v) is 8.10. The van der Waals surface area contributed by atoms with Crippen molar-refractivity contribution in [2.75, 3.05) is 19.3 Å². The van der Waals surface area contributed by atoms with E-state index in [0.29, 0.717) is 19.4 Å². The molecule has 1 aliphatic rings. The number of amides is 3. The van der Waals surface area contributed by atoms with E-state index in [9.17, 15) is 9.59 Å². The third-order valence-corrected chi connectivity index (χ3v) is 5.94. The fourth-order valence-corrected chi connectivity index (χ4v) is 4.34. The van der Waals surface area contributed by atoms with Gasteiger partial charge in [0.1, 0.15) is 5.54 Å². The van der Waals surface area contributed by atoms with Gasteiger partial charge in [-0.2, -0.15) is 11.8 Å². The Bertz CT molecular complexity index is 600. The molecule has 0 atom stereocenters. The molecule has 0 bridgehead atoms. The molecule has 1 aromatic carbocycles. The molecule has 5 nitrogen and oxygen atoms in total. The number of benzene rings is 1. The highest BCUT2D eigenvalue weighted by molar-refractivity contribution is 7.98. The third-order valence-electron chi connectivity index (χ3n) is 4.82. The largest absolute Gasteiger partial charge is 0.357 e. The predicted molar refractivity (Wildman–Crippen MR) is 108 cm³/mol. The average Bonchev–Trinajstić information content (AvgIpc) is 2.64. The first-order chi connectivity index (χ1) is 12.6. The van der Waals surface area contributed by atoms with Crippen LogP contribution in [0.1, 0.15) is 49.7 Å². The lowest BCUT2D eigenvalue weighted by molar-refractivity contribution is -0.128. The number of carbonyl (C=O) groups excluding carboxylic acids is 2. The number of thioether (sulfide) groups is 1. The third kappa shape index (κ3) is 6.24. The molecule has 3 amide bonds. The van der Waals surface area contributed by atoms with Crippen LogP contribution in [0.2, 0.25) is 0 Å². The maximum atomic E-state index is 12.2. The van der Waals surface area contributed by atoms with Crippen LogP contribution < -0.4 is 16.0 Å². The van der Waals surface area contributed by atoms with Crippen molar-refractivity contribution in [3.05, 3.63) is 35.4 Å². The number of hydrogen-bond acceptors (Lipinski definition) is 3. The molecular formula is C20H31N3O2S. The van der Waals surface area contributed by atoms with Gasteiger partial charge >= 0.3 is 6.03 Å². The van der Waals surface area contributed by atoms with E-state index in [-0.39, 0.29) is 11.9 Å². The van der Waals surface area contributed by atoms with Crippen LogP contribution in [0.25, 0.3) is 0 Å². The second-order valence-electron chi connectivity index (χ2n) is 7.00. The van der Waals surface area contributed by atoms with E-state index < -0.39 is 5.54 Å². The van der Waals surface area contributed by atoms with Crippen molar-refractivity contribution >= 4 is 23.7 Å². The van der Waals surface area contributed by atoms with Gasteiger partial charge in [0.15, 0.2) is 0 Å². The van der Waals surface area contributed by atoms with Gasteiger partial charge in [-0.25, -0.2) is 4.79 Å². The molecule has 26 heavy (non-hydrogen) atoms. The SMILES string of the molecule is CNC(=O)C1(NC(=O)NCCCSCc2cccc(C)c2)CCCCC1. The van der Waals surface area contributed by atoms with E-state index in [2.05, 4.69) is 47.1 Å². The zero-order chi connectivity index (χ0) is 18.8. The van der Waals surface area contributed by atoms with Crippen molar-refractivity contribution in [3.63, 3.8) is 0 Å². The van der Waals surface area contributed by atoms with Crippen molar-refractivity contribution < 1.29 is 9.59 Å². The van der Waals surface area contributed by atoms with E-state index in [1.54, 1.807) is 7.05 Å². The fraction of sp³-hybridized carbons (Fsp3) is 0.600. The Morgan fingerprint density at radius 1 is 1.19 bits per heavy atom. The topological polar surface area (TPSA) is 70.2 Å². The zero-order valence-electron chi connectivity index (χ0n) is 15.9. The molecule has 0 radical (unpaired) electrons. The molecule has 1 saturated carbocycles. The molecule has 1 fully saturated rings. The van der Waals surface area contributed by atoms with Gasteiger partial charge in [0.05, 0.1) is 0 Å². The number of aryl methyl sites for hydroxylation is 1. The summed E-state index contributed by atoms with van der Waals surface area (Å²) in [6.45, 7) is 2.73. The molecule has 2 rings (SSSR count). The van der Waals surface area contributed by atoms with Crippen LogP contribution in [0.15, 0.2) is 24.3 Å². The van der Waals surface area contributed by atoms with Gasteiger partial charge in [-0.05, 0) is 37.5 Å². The van der Waals surface area contributed by atoms with Gasteiger partial charge in [0, 0.05) is 19.3 Å². The summed E-state index contributed by atoms with van der Waals surface area (Å²) >= 11 is 1.87. The van der Waals surface area contributed by atoms with Crippen molar-refractivity contribution in [1.29, 1.82) is 0 Å². The van der Waals surface area contributed by atoms with Gasteiger partial charge in [0.25, 0.3) is 0 Å². The van der Waals surface area contributed by atoms with Crippen LogP contribution >= 0.6 is 11.8 Å². The van der Waals surface area contributed by atoms with E-state index >= 15 is 0 Å². The Hall–Kier alpha value is -1.69. The highest BCUT2D eigenvalue weighted by atomic mass is 32.2. The molecule has 0 aliphatic heterocycles. The minimum absolute atomic E-state index is 0.0824. The van der Waals surface area contributed by atoms with Crippen LogP contribution in [-0.4, -0.2) is 36.8 Å². The van der Waals surface area contributed by atoms with Crippen molar-refractivity contribution in [3.8, 4) is 0 Å². The van der Waals surface area contributed by atoms with Crippen LogP contribution in [0.5, 0.6) is 0 Å². The Balaban J connectivity index is 1.65. The summed E-state index contributed by atoms with van der Waals surface area (Å²) < 4.78 is 0. The van der Waals surface area contributed by atoms with Gasteiger partial charge in [0.2, 0.25) is 5.91 Å². The summed E-state index contributed by atoms with van der Waals surface area (Å²) in [7, 11) is 1.63. The van der Waals surface area contributed by atoms with Crippen molar-refractivity contribution in [2.45, 2.75) is 56.7 Å². The Morgan fingerprint density at radius 2 is 1.96 bits per heavy atom. The number of likely N-dealkylation sites (N-methyl/N-ethyl adjacent to an activating group) is 1. The second kappa shape index (κ2) is 10.5. The number of nitrogens with one attached hydrogen (secondary N) is 3. The Kier molecular flexibility index (Phi) is 8.29. The minimum Gasteiger partial charge on any atom is -0.357 e. The first kappa shape index (κ1) is 20.6. The zero-order valence-corrected chi connectivity index (χ0v) is 16.7. The molecular weight excluding hydrogens is 346 g/mol. The summed E-state index contributed by atoms with van der Waals surface area (Å²) in [5.41, 5.74) is 1.89. The summed E-state index contributed by atoms with van der Waals surface area (Å²) in [5, 5.41) is 8.53. The van der Waals surface area contributed by atoms with Gasteiger partial charge < -0.3 is 16.0 Å². The standard InChI is InChI=1S/C20H31N3O2S/c1-16-8-6-9-17(14-16)15-26-13-7-12-22-19(25)23-20(18(24)21-2)10-4-3-5-11-20/h6,8-9,14H,3-5,7,10-13,15H2,1-2H3,(H,21,24)(H2,22,23,25). The quantitative estimate of drug-likeness (QED) is 0.608. The lowest BCUT2D eigenvalue weighted by Gasteiger charge is -2.36. The van der Waals surface area contributed by atoms with E-state index in [0.717, 1.165) is 37.2 Å². The monoisotopic (exact) mass is 377 g/mol. The van der Waals surface area contributed by atoms with Crippen LogP contribution in [0, 0.1) is 6.92 Å². The number of carbonyl (C=O) groups is 2. The van der Waals surface area contributed by atoms with E-state index in [4.69, 9.17) is 0 Å². The summed E-state index contributed by atoms with van der Waals surface area (Å²) in [6.07, 6.45) is 5.42. The molecule has 0 spiro atoms. The summed E-state index contributed by atoms with van der Waals surface area (Å²) in [4.78, 5) is 24.5. The van der Waals surface area contributed by atoms with Gasteiger partial charge in [-0.3, -0.25) is 4.79 Å². The predicted octanol–water partition coefficient (Wildman–Crippen LogP) is 3.37. The Labute approximate surface area is 161 Å². The normalized spacial score (nSPS) is 15.9. The first-order valence-corrected chi connectivity index (χ1v) is 10.6. The highest BCUT2D eigenvalue weighted by Gasteiger charge is 2.40. The molecule has 0 saturated heterocycles. The minimum atomic E-state index is -0.739. The number of urea groups is 1. The molecule has 0 heterocycles. The summed E-state index contributed by atoms with van der Waals surface area (Å²) in [5.74, 6) is 1.91. The van der Waals surface area contributed by atoms with Gasteiger partial charge in [-0.1, -0.05) is 49.1 Å². The molecule has 6 heteroatoms. The van der Waals surface area contributed by atoms with Crippen LogP contribution in [0.3, 0.4) is 0 Å². The molecule has 1 aromatic rings. The smallest absolute Gasteiger partial charge is 0.315 e. The molecule has 0 unspecified atom stereocenters. The van der Waals surface area contributed by atoms with Crippen LogP contribution in [0.4, 0.5) is 4.79 Å². The average molecular weight is 378 g/mol. The fourth-order valence-electron chi connectivity index (χ4n) is 3.43. The lowest BCUT2D eigenvalue weighted by atomic mass is 9.81. The Morgan fingerprint density at radius 3 is 2.65 bits per heavy atom. The van der Waals surface area contributed by atoms with E-state index in [1.165, 1.54) is 11.1 Å². The van der Waals surface area contributed by atoms with Crippen LogP contribution in [-0.2, 0) is 10.5 Å². The maximum absolute atomic E-state index is 12.2. The maximum Gasteiger partial charge on any atom is 0.315 e. The molecule has 1 aliphatic carbocycles. The molecule has 3 N–H and O–H groups in total. The molecule has 0 aromatic heterocycles. The number of rotatable bonds is 8. The highest BCUT2D eigenvalue weighted by Crippen LogP contribution is 2.28. The first-order valence-electron chi connectivity index (χ1n) is 9.47. The lowest BCUT2D eigenvalue weighted by Crippen LogP contribution is -2.61. The van der Waals surface area contributed by atoms with Gasteiger partial charge in [-0.15, -0.1) is 0 Å². The van der Waals surface area contributed by atoms with Crippen molar-refractivity contribution in [2.24, 2.45) is 0 Å². The number of hydrogen-bond donors (Lipinski definition) is 3. The van der Waals surface area contributed by atoms with Crippen molar-refractivity contribution in [1.82, 2.24) is 16.0 Å². The molecule has 144 valence electrons. The van der Waals surface area contributed by atoms with E-state index in [1.807, 2.05) is 11.8 Å². The summed E-state index contributed by atoms with van der Waals surface area (Å²) in [6, 6.07) is 8.31.